The molecule has 0 unspecified atom stereocenters. The van der Waals surface area contributed by atoms with E-state index in [1.165, 1.54) is 32.1 Å². The number of aromatic nitrogens is 2. The number of amides is 1. The zero-order chi connectivity index (χ0) is 17.9. The Morgan fingerprint density at radius 3 is 2.81 bits per heavy atom. The number of carbonyl (C=O) groups is 1. The van der Waals surface area contributed by atoms with E-state index in [0.29, 0.717) is 29.9 Å². The summed E-state index contributed by atoms with van der Waals surface area (Å²) in [4.78, 5) is 29.2. The molecule has 4 rings (SSSR count). The maximum atomic E-state index is 12.5. The van der Waals surface area contributed by atoms with Crippen LogP contribution < -0.4 is 10.9 Å². The number of rotatable bonds is 4. The molecule has 1 amide bonds. The van der Waals surface area contributed by atoms with Crippen molar-refractivity contribution in [3.8, 4) is 0 Å². The van der Waals surface area contributed by atoms with Crippen LogP contribution in [0.5, 0.6) is 0 Å². The van der Waals surface area contributed by atoms with E-state index in [2.05, 4.69) is 10.3 Å². The quantitative estimate of drug-likeness (QED) is 0.917. The number of para-hydroxylation sites is 1. The van der Waals surface area contributed by atoms with Crippen molar-refractivity contribution in [3.63, 3.8) is 0 Å². The molecule has 2 saturated carbocycles. The number of carbonyl (C=O) groups excluding carboxylic acids is 1. The van der Waals surface area contributed by atoms with Crippen molar-refractivity contribution in [2.24, 2.45) is 11.8 Å². The predicted molar refractivity (Wildman–Crippen MR) is 102 cm³/mol. The smallest absolute Gasteiger partial charge is 0.261 e. The van der Waals surface area contributed by atoms with Crippen LogP contribution in [0.1, 0.15) is 51.4 Å². The third-order valence-corrected chi connectivity index (χ3v) is 6.22. The highest BCUT2D eigenvalue weighted by Gasteiger charge is 2.32. The van der Waals surface area contributed by atoms with Gasteiger partial charge in [-0.25, -0.2) is 4.98 Å². The molecule has 1 aromatic heterocycles. The maximum absolute atomic E-state index is 12.5. The van der Waals surface area contributed by atoms with Crippen LogP contribution in [0.3, 0.4) is 0 Å². The van der Waals surface area contributed by atoms with E-state index in [9.17, 15) is 9.59 Å². The monoisotopic (exact) mass is 353 g/mol. The Bertz CT molecular complexity index is 845. The van der Waals surface area contributed by atoms with Crippen molar-refractivity contribution in [2.45, 2.75) is 64.0 Å². The lowest BCUT2D eigenvalue weighted by Crippen LogP contribution is -2.42. The molecule has 2 aliphatic carbocycles. The second kappa shape index (κ2) is 7.60. The van der Waals surface area contributed by atoms with Gasteiger partial charge in [-0.2, -0.15) is 0 Å². The molecule has 5 heteroatoms. The summed E-state index contributed by atoms with van der Waals surface area (Å²) in [5.74, 6) is 1.73. The van der Waals surface area contributed by atoms with Crippen LogP contribution in [-0.4, -0.2) is 21.5 Å². The molecule has 0 radical (unpaired) electrons. The molecular formula is C21H27N3O2. The van der Waals surface area contributed by atoms with Crippen LogP contribution in [0.4, 0.5) is 0 Å². The van der Waals surface area contributed by atoms with E-state index in [1.54, 1.807) is 17.0 Å². The van der Waals surface area contributed by atoms with Crippen molar-refractivity contribution in [3.05, 3.63) is 40.9 Å². The summed E-state index contributed by atoms with van der Waals surface area (Å²) in [5.41, 5.74) is 0.619. The Morgan fingerprint density at radius 2 is 1.92 bits per heavy atom. The van der Waals surface area contributed by atoms with E-state index >= 15 is 0 Å². The number of nitrogens with one attached hydrogen (secondary N) is 1. The molecule has 1 heterocycles. The van der Waals surface area contributed by atoms with Crippen LogP contribution in [-0.2, 0) is 11.3 Å². The Kier molecular flexibility index (Phi) is 5.05. The summed E-state index contributed by atoms with van der Waals surface area (Å²) >= 11 is 0. The van der Waals surface area contributed by atoms with Gasteiger partial charge in [0.2, 0.25) is 5.91 Å². The van der Waals surface area contributed by atoms with E-state index in [0.717, 1.165) is 24.7 Å². The first-order valence-corrected chi connectivity index (χ1v) is 9.94. The van der Waals surface area contributed by atoms with Crippen molar-refractivity contribution >= 4 is 16.8 Å². The Morgan fingerprint density at radius 1 is 1.12 bits per heavy atom. The Labute approximate surface area is 153 Å². The zero-order valence-electron chi connectivity index (χ0n) is 15.2. The lowest BCUT2D eigenvalue weighted by molar-refractivity contribution is -0.122. The fraction of sp³-hybridized carbons (Fsp3) is 0.571. The first-order chi connectivity index (χ1) is 12.7. The van der Waals surface area contributed by atoms with Crippen LogP contribution in [0.15, 0.2) is 35.4 Å². The molecule has 26 heavy (non-hydrogen) atoms. The van der Waals surface area contributed by atoms with Crippen LogP contribution >= 0.6 is 0 Å². The average Bonchev–Trinajstić information content (AvgIpc) is 2.67. The van der Waals surface area contributed by atoms with E-state index < -0.39 is 0 Å². The minimum Gasteiger partial charge on any atom is -0.353 e. The van der Waals surface area contributed by atoms with Gasteiger partial charge in [-0.15, -0.1) is 0 Å². The maximum Gasteiger partial charge on any atom is 0.261 e. The second-order valence-electron chi connectivity index (χ2n) is 7.89. The highest BCUT2D eigenvalue weighted by molar-refractivity contribution is 5.77. The van der Waals surface area contributed by atoms with Crippen LogP contribution in [0.2, 0.25) is 0 Å². The number of nitrogens with zero attached hydrogens (tertiary/aromatic N) is 2. The predicted octanol–water partition coefficient (Wildman–Crippen LogP) is 3.26. The minimum absolute atomic E-state index is 0.0457. The van der Waals surface area contributed by atoms with Gasteiger partial charge in [0.1, 0.15) is 0 Å². The molecular weight excluding hydrogens is 326 g/mol. The van der Waals surface area contributed by atoms with Crippen LogP contribution in [0, 0.1) is 11.8 Å². The van der Waals surface area contributed by atoms with E-state index in [-0.39, 0.29) is 11.5 Å². The molecule has 2 aromatic rings. The standard InChI is InChI=1S/C21H27N3O2/c25-20(23-17-10-9-15-5-1-2-6-16(15)13-17)11-12-24-14-22-19-8-4-3-7-18(19)21(24)26/h3-4,7-8,14-17H,1-2,5-6,9-13H2,(H,23,25)/t15-,16-,17-/m1/s1. The molecule has 5 nitrogen and oxygen atoms in total. The summed E-state index contributed by atoms with van der Waals surface area (Å²) in [6.07, 6.45) is 10.8. The SMILES string of the molecule is O=C(CCn1cnc2ccccc2c1=O)N[C@@H]1CC[C@H]2CCCC[C@@H]2C1. The molecule has 0 spiro atoms. The van der Waals surface area contributed by atoms with Gasteiger partial charge in [-0.05, 0) is 43.2 Å². The molecule has 0 saturated heterocycles. The first-order valence-electron chi connectivity index (χ1n) is 9.94. The fourth-order valence-electron chi connectivity index (χ4n) is 4.79. The third-order valence-electron chi connectivity index (χ3n) is 6.22. The highest BCUT2D eigenvalue weighted by Crippen LogP contribution is 2.40. The molecule has 0 bridgehead atoms. The number of fused-ring (bicyclic) bond motifs is 2. The molecule has 2 aliphatic rings. The summed E-state index contributed by atoms with van der Waals surface area (Å²) in [6.45, 7) is 0.376. The lowest BCUT2D eigenvalue weighted by Gasteiger charge is -2.39. The van der Waals surface area contributed by atoms with Gasteiger partial charge in [-0.1, -0.05) is 37.8 Å². The van der Waals surface area contributed by atoms with Gasteiger partial charge in [0, 0.05) is 19.0 Å². The first kappa shape index (κ1) is 17.3. The summed E-state index contributed by atoms with van der Waals surface area (Å²) in [5, 5.41) is 3.81. The lowest BCUT2D eigenvalue weighted by atomic mass is 9.69. The normalized spacial score (nSPS) is 25.6. The molecule has 138 valence electrons. The van der Waals surface area contributed by atoms with Gasteiger partial charge in [0.25, 0.3) is 5.56 Å². The Hall–Kier alpha value is -2.17. The van der Waals surface area contributed by atoms with Gasteiger partial charge < -0.3 is 5.32 Å². The topological polar surface area (TPSA) is 64.0 Å². The number of aryl methyl sites for hydroxylation is 1. The summed E-state index contributed by atoms with van der Waals surface area (Å²) in [6, 6.07) is 7.63. The third kappa shape index (κ3) is 3.67. The molecule has 0 aliphatic heterocycles. The van der Waals surface area contributed by atoms with E-state index in [1.807, 2.05) is 18.2 Å². The fourth-order valence-corrected chi connectivity index (χ4v) is 4.79. The second-order valence-corrected chi connectivity index (χ2v) is 7.89. The van der Waals surface area contributed by atoms with Crippen molar-refractivity contribution < 1.29 is 4.79 Å². The van der Waals surface area contributed by atoms with Crippen molar-refractivity contribution in [1.29, 1.82) is 0 Å². The number of benzene rings is 1. The molecule has 2 fully saturated rings. The number of hydrogen-bond donors (Lipinski definition) is 1. The van der Waals surface area contributed by atoms with Gasteiger partial charge in [0.05, 0.1) is 17.2 Å². The molecule has 3 atom stereocenters. The molecule has 1 N–H and O–H groups in total. The molecule has 1 aromatic carbocycles. The van der Waals surface area contributed by atoms with Gasteiger partial charge >= 0.3 is 0 Å². The van der Waals surface area contributed by atoms with Crippen molar-refractivity contribution in [1.82, 2.24) is 14.9 Å². The van der Waals surface area contributed by atoms with Crippen molar-refractivity contribution in [2.75, 3.05) is 0 Å². The largest absolute Gasteiger partial charge is 0.353 e. The van der Waals surface area contributed by atoms with E-state index in [4.69, 9.17) is 0 Å². The highest BCUT2D eigenvalue weighted by atomic mass is 16.2. The summed E-state index contributed by atoms with van der Waals surface area (Å²) < 4.78 is 1.54. The zero-order valence-corrected chi connectivity index (χ0v) is 15.2. The minimum atomic E-state index is -0.0777. The van der Waals surface area contributed by atoms with Crippen LogP contribution in [0.25, 0.3) is 10.9 Å². The summed E-state index contributed by atoms with van der Waals surface area (Å²) in [7, 11) is 0. The van der Waals surface area contributed by atoms with Gasteiger partial charge in [-0.3, -0.25) is 14.2 Å². The van der Waals surface area contributed by atoms with Gasteiger partial charge in [0.15, 0.2) is 0 Å². The number of hydrogen-bond acceptors (Lipinski definition) is 3. The average molecular weight is 353 g/mol. The Balaban J connectivity index is 1.33.